The van der Waals surface area contributed by atoms with Crippen molar-refractivity contribution in [1.82, 2.24) is 10.2 Å². The molecule has 0 spiro atoms. The summed E-state index contributed by atoms with van der Waals surface area (Å²) in [5.74, 6) is 0. The standard InChI is InChI=1S/C12H27N3/c1-6-11(4)13-10-14-12(5)9-15(7-2)8-3/h10-12H,6-9H2,1-5H3,(H,13,14). The minimum absolute atomic E-state index is 0.429. The molecule has 0 fully saturated rings. The highest BCUT2D eigenvalue weighted by molar-refractivity contribution is 5.54. The van der Waals surface area contributed by atoms with Gasteiger partial charge in [0.05, 0.1) is 6.34 Å². The quantitative estimate of drug-likeness (QED) is 0.494. The smallest absolute Gasteiger partial charge is 0.0829 e. The SMILES string of the molecule is CCC(C)N=CNC(C)CN(CC)CC. The zero-order valence-corrected chi connectivity index (χ0v) is 11.0. The summed E-state index contributed by atoms with van der Waals surface area (Å²) in [4.78, 5) is 6.80. The van der Waals surface area contributed by atoms with Gasteiger partial charge in [-0.1, -0.05) is 20.8 Å². The van der Waals surface area contributed by atoms with Crippen LogP contribution in [0.3, 0.4) is 0 Å². The van der Waals surface area contributed by atoms with Crippen molar-refractivity contribution >= 4 is 6.34 Å². The van der Waals surface area contributed by atoms with E-state index in [1.807, 2.05) is 6.34 Å². The zero-order valence-electron chi connectivity index (χ0n) is 11.0. The molecule has 90 valence electrons. The first kappa shape index (κ1) is 14.4. The molecule has 0 saturated heterocycles. The molecule has 0 bridgehead atoms. The monoisotopic (exact) mass is 213 g/mol. The minimum atomic E-state index is 0.429. The van der Waals surface area contributed by atoms with E-state index in [1.165, 1.54) is 0 Å². The summed E-state index contributed by atoms with van der Waals surface area (Å²) >= 11 is 0. The topological polar surface area (TPSA) is 27.6 Å². The molecule has 0 aliphatic carbocycles. The van der Waals surface area contributed by atoms with Crippen LogP contribution in [0.5, 0.6) is 0 Å². The number of aliphatic imine (C=N–C) groups is 1. The third kappa shape index (κ3) is 7.37. The van der Waals surface area contributed by atoms with Crippen LogP contribution >= 0.6 is 0 Å². The van der Waals surface area contributed by atoms with Crippen LogP contribution in [0.15, 0.2) is 4.99 Å². The lowest BCUT2D eigenvalue weighted by molar-refractivity contribution is 0.282. The average molecular weight is 213 g/mol. The summed E-state index contributed by atoms with van der Waals surface area (Å²) in [6.07, 6.45) is 2.96. The van der Waals surface area contributed by atoms with E-state index >= 15 is 0 Å². The van der Waals surface area contributed by atoms with Crippen LogP contribution in [0, 0.1) is 0 Å². The molecule has 0 saturated carbocycles. The zero-order chi connectivity index (χ0) is 11.7. The molecule has 0 heterocycles. The van der Waals surface area contributed by atoms with Gasteiger partial charge in [-0.05, 0) is 33.4 Å². The summed E-state index contributed by atoms with van der Waals surface area (Å²) in [7, 11) is 0. The second-order valence-corrected chi connectivity index (χ2v) is 4.09. The highest BCUT2D eigenvalue weighted by Crippen LogP contribution is 1.93. The number of nitrogens with one attached hydrogen (secondary N) is 1. The largest absolute Gasteiger partial charge is 0.373 e. The van der Waals surface area contributed by atoms with E-state index in [0.717, 1.165) is 26.1 Å². The van der Waals surface area contributed by atoms with E-state index in [-0.39, 0.29) is 0 Å². The predicted molar refractivity (Wildman–Crippen MR) is 68.6 cm³/mol. The molecule has 2 unspecified atom stereocenters. The summed E-state index contributed by atoms with van der Waals surface area (Å²) in [6, 6.07) is 0.899. The third-order valence-electron chi connectivity index (χ3n) is 2.71. The summed E-state index contributed by atoms with van der Waals surface area (Å²) in [5.41, 5.74) is 0. The van der Waals surface area contributed by atoms with Gasteiger partial charge >= 0.3 is 0 Å². The van der Waals surface area contributed by atoms with Crippen molar-refractivity contribution in [3.63, 3.8) is 0 Å². The Morgan fingerprint density at radius 3 is 2.27 bits per heavy atom. The molecule has 1 N–H and O–H groups in total. The van der Waals surface area contributed by atoms with Gasteiger partial charge in [-0.3, -0.25) is 4.99 Å². The first-order chi connectivity index (χ1) is 7.13. The highest BCUT2D eigenvalue weighted by Gasteiger charge is 2.04. The number of hydrogen-bond acceptors (Lipinski definition) is 2. The molecular formula is C12H27N3. The molecule has 0 amide bonds. The lowest BCUT2D eigenvalue weighted by Gasteiger charge is -2.22. The first-order valence-electron chi connectivity index (χ1n) is 6.13. The van der Waals surface area contributed by atoms with Gasteiger partial charge in [-0.15, -0.1) is 0 Å². The summed E-state index contributed by atoms with van der Waals surface area (Å²) in [6.45, 7) is 14.2. The molecule has 0 aliphatic rings. The fourth-order valence-corrected chi connectivity index (χ4v) is 1.32. The predicted octanol–water partition coefficient (Wildman–Crippen LogP) is 2.13. The van der Waals surface area contributed by atoms with Crippen LogP contribution < -0.4 is 5.32 Å². The van der Waals surface area contributed by atoms with Crippen molar-refractivity contribution in [2.75, 3.05) is 19.6 Å². The summed E-state index contributed by atoms with van der Waals surface area (Å²) in [5, 5.41) is 3.31. The second kappa shape index (κ2) is 8.72. The molecule has 3 heteroatoms. The molecule has 0 aliphatic heterocycles. The Kier molecular flexibility index (Phi) is 8.38. The Morgan fingerprint density at radius 2 is 1.80 bits per heavy atom. The van der Waals surface area contributed by atoms with E-state index in [2.05, 4.69) is 49.8 Å². The second-order valence-electron chi connectivity index (χ2n) is 4.09. The van der Waals surface area contributed by atoms with Crippen molar-refractivity contribution in [1.29, 1.82) is 0 Å². The van der Waals surface area contributed by atoms with Gasteiger partial charge in [0.15, 0.2) is 0 Å². The fourth-order valence-electron chi connectivity index (χ4n) is 1.32. The van der Waals surface area contributed by atoms with Gasteiger partial charge < -0.3 is 10.2 Å². The van der Waals surface area contributed by atoms with Gasteiger partial charge in [0, 0.05) is 18.6 Å². The minimum Gasteiger partial charge on any atom is -0.373 e. The van der Waals surface area contributed by atoms with Gasteiger partial charge in [0.2, 0.25) is 0 Å². The summed E-state index contributed by atoms with van der Waals surface area (Å²) < 4.78 is 0. The van der Waals surface area contributed by atoms with E-state index in [9.17, 15) is 0 Å². The number of hydrogen-bond donors (Lipinski definition) is 1. The lowest BCUT2D eigenvalue weighted by atomic mass is 10.3. The Labute approximate surface area is 95.0 Å². The Morgan fingerprint density at radius 1 is 1.20 bits per heavy atom. The van der Waals surface area contributed by atoms with Gasteiger partial charge in [-0.25, -0.2) is 0 Å². The molecule has 3 nitrogen and oxygen atoms in total. The molecular weight excluding hydrogens is 186 g/mol. The van der Waals surface area contributed by atoms with E-state index in [1.54, 1.807) is 0 Å². The maximum Gasteiger partial charge on any atom is 0.0829 e. The van der Waals surface area contributed by atoms with Crippen molar-refractivity contribution in [3.05, 3.63) is 0 Å². The molecule has 0 aromatic rings. The molecule has 0 rings (SSSR count). The molecule has 2 atom stereocenters. The molecule has 0 radical (unpaired) electrons. The van der Waals surface area contributed by atoms with Crippen LogP contribution in [-0.4, -0.2) is 43.0 Å². The van der Waals surface area contributed by atoms with Crippen molar-refractivity contribution in [2.45, 2.75) is 53.1 Å². The molecule has 0 aromatic heterocycles. The van der Waals surface area contributed by atoms with E-state index in [4.69, 9.17) is 0 Å². The Hall–Kier alpha value is -0.570. The highest BCUT2D eigenvalue weighted by atomic mass is 15.1. The maximum atomic E-state index is 4.39. The van der Waals surface area contributed by atoms with Crippen LogP contribution in [-0.2, 0) is 0 Å². The van der Waals surface area contributed by atoms with Crippen LogP contribution in [0.1, 0.15) is 41.0 Å². The first-order valence-corrected chi connectivity index (χ1v) is 6.13. The molecule has 15 heavy (non-hydrogen) atoms. The number of rotatable bonds is 8. The average Bonchev–Trinajstić information content (AvgIpc) is 2.25. The third-order valence-corrected chi connectivity index (χ3v) is 2.71. The molecule has 0 aromatic carbocycles. The van der Waals surface area contributed by atoms with E-state index in [0.29, 0.717) is 12.1 Å². The lowest BCUT2D eigenvalue weighted by Crippen LogP contribution is -2.38. The maximum absolute atomic E-state index is 4.39. The van der Waals surface area contributed by atoms with Crippen LogP contribution in [0.25, 0.3) is 0 Å². The van der Waals surface area contributed by atoms with Crippen LogP contribution in [0.4, 0.5) is 0 Å². The normalized spacial score (nSPS) is 15.9. The Balaban J connectivity index is 3.73. The number of likely N-dealkylation sites (N-methyl/N-ethyl adjacent to an activating group) is 1. The van der Waals surface area contributed by atoms with E-state index < -0.39 is 0 Å². The fraction of sp³-hybridized carbons (Fsp3) is 0.917. The van der Waals surface area contributed by atoms with Gasteiger partial charge in [0.25, 0.3) is 0 Å². The van der Waals surface area contributed by atoms with Gasteiger partial charge in [0.1, 0.15) is 0 Å². The van der Waals surface area contributed by atoms with Crippen LogP contribution in [0.2, 0.25) is 0 Å². The van der Waals surface area contributed by atoms with Crippen molar-refractivity contribution < 1.29 is 0 Å². The van der Waals surface area contributed by atoms with Gasteiger partial charge in [-0.2, -0.15) is 0 Å². The Bertz CT molecular complexity index is 164. The van der Waals surface area contributed by atoms with Crippen molar-refractivity contribution in [3.8, 4) is 0 Å². The van der Waals surface area contributed by atoms with Crippen molar-refractivity contribution in [2.24, 2.45) is 4.99 Å². The number of nitrogens with zero attached hydrogens (tertiary/aromatic N) is 2.